The van der Waals surface area contributed by atoms with Crippen molar-refractivity contribution in [1.29, 1.82) is 0 Å². The quantitative estimate of drug-likeness (QED) is 0.500. The lowest BCUT2D eigenvalue weighted by Gasteiger charge is -2.13. The Kier molecular flexibility index (Phi) is 8.49. The molecule has 0 spiro atoms. The Balaban J connectivity index is 1.38. The third kappa shape index (κ3) is 6.27. The van der Waals surface area contributed by atoms with E-state index < -0.39 is 0 Å². The summed E-state index contributed by atoms with van der Waals surface area (Å²) in [6, 6.07) is 3.65. The Morgan fingerprint density at radius 3 is 2.48 bits per heavy atom. The second kappa shape index (κ2) is 11.3. The third-order valence-electron chi connectivity index (χ3n) is 5.24. The third-order valence-corrected chi connectivity index (χ3v) is 6.26. The van der Waals surface area contributed by atoms with Crippen LogP contribution in [-0.4, -0.2) is 60.4 Å². The number of nitrogens with one attached hydrogen (secondary N) is 1. The summed E-state index contributed by atoms with van der Waals surface area (Å²) in [6.07, 6.45) is 7.61. The molecule has 1 aliphatic heterocycles. The van der Waals surface area contributed by atoms with Crippen LogP contribution in [0.1, 0.15) is 38.5 Å². The van der Waals surface area contributed by atoms with Crippen LogP contribution >= 0.6 is 11.8 Å². The number of anilines is 2. The lowest BCUT2D eigenvalue weighted by Crippen LogP contribution is -2.20. The largest absolute Gasteiger partial charge is 0.493 e. The minimum absolute atomic E-state index is 0.440. The summed E-state index contributed by atoms with van der Waals surface area (Å²) in [5.74, 6) is 4.79. The molecule has 1 aromatic heterocycles. The van der Waals surface area contributed by atoms with Gasteiger partial charge in [-0.05, 0) is 25.5 Å². The maximum atomic E-state index is 6.12. The lowest BCUT2D eigenvalue weighted by atomic mass is 10.1. The van der Waals surface area contributed by atoms with Crippen molar-refractivity contribution < 1.29 is 9.47 Å². The molecule has 1 saturated heterocycles. The van der Waals surface area contributed by atoms with E-state index in [1.165, 1.54) is 56.8 Å². The van der Waals surface area contributed by atoms with Crippen LogP contribution < -0.4 is 20.5 Å². The maximum absolute atomic E-state index is 6.12. The first-order valence-corrected chi connectivity index (χ1v) is 11.6. The number of nitrogen functional groups attached to an aromatic ring is 1. The summed E-state index contributed by atoms with van der Waals surface area (Å²) < 4.78 is 10.7. The zero-order chi connectivity index (χ0) is 20.5. The molecule has 0 atom stereocenters. The van der Waals surface area contributed by atoms with Crippen molar-refractivity contribution in [2.24, 2.45) is 0 Å². The number of ether oxygens (including phenoxy) is 2. The molecular formula is C21H33N5O2S. The summed E-state index contributed by atoms with van der Waals surface area (Å²) in [5, 5.41) is 4.06. The van der Waals surface area contributed by atoms with Crippen LogP contribution in [0.5, 0.6) is 11.5 Å². The number of rotatable bonds is 12. The molecule has 2 heterocycles. The summed E-state index contributed by atoms with van der Waals surface area (Å²) in [4.78, 5) is 11.5. The zero-order valence-corrected chi connectivity index (χ0v) is 18.4. The van der Waals surface area contributed by atoms with Crippen molar-refractivity contribution in [3.63, 3.8) is 0 Å². The number of aromatic nitrogens is 2. The fourth-order valence-electron chi connectivity index (χ4n) is 3.55. The monoisotopic (exact) mass is 419 g/mol. The summed E-state index contributed by atoms with van der Waals surface area (Å²) in [5.41, 5.74) is 6.87. The molecule has 8 heteroatoms. The van der Waals surface area contributed by atoms with Crippen LogP contribution in [0.3, 0.4) is 0 Å². The van der Waals surface area contributed by atoms with Gasteiger partial charge in [-0.1, -0.05) is 25.7 Å². The second-order valence-corrected chi connectivity index (χ2v) is 8.43. The minimum atomic E-state index is 0.440. The number of nitrogens with zero attached hydrogens (tertiary/aromatic N) is 3. The number of methoxy groups -OCH3 is 2. The SMILES string of the molecule is COc1cc2nc(NCCCCCCCCN3CCSC3)nc(N)c2cc1OC. The normalized spacial score (nSPS) is 14.4. The summed E-state index contributed by atoms with van der Waals surface area (Å²) >= 11 is 2.05. The summed E-state index contributed by atoms with van der Waals surface area (Å²) in [6.45, 7) is 3.40. The molecule has 7 nitrogen and oxygen atoms in total. The molecule has 0 radical (unpaired) electrons. The van der Waals surface area contributed by atoms with Gasteiger partial charge in [0, 0.05) is 36.2 Å². The van der Waals surface area contributed by atoms with Crippen molar-refractivity contribution in [3.8, 4) is 11.5 Å². The number of unbranched alkanes of at least 4 members (excludes halogenated alkanes) is 5. The van der Waals surface area contributed by atoms with Crippen molar-refractivity contribution in [2.75, 3.05) is 56.5 Å². The van der Waals surface area contributed by atoms with Gasteiger partial charge >= 0.3 is 0 Å². The van der Waals surface area contributed by atoms with Gasteiger partial charge in [0.2, 0.25) is 5.95 Å². The molecule has 0 amide bonds. The van der Waals surface area contributed by atoms with Gasteiger partial charge in [-0.25, -0.2) is 4.98 Å². The van der Waals surface area contributed by atoms with Crippen LogP contribution in [0.15, 0.2) is 12.1 Å². The average Bonchev–Trinajstić information content (AvgIpc) is 3.25. The molecule has 1 fully saturated rings. The van der Waals surface area contributed by atoms with Gasteiger partial charge in [-0.3, -0.25) is 4.90 Å². The molecular weight excluding hydrogens is 386 g/mol. The van der Waals surface area contributed by atoms with E-state index in [0.717, 1.165) is 23.9 Å². The van der Waals surface area contributed by atoms with Crippen LogP contribution in [-0.2, 0) is 0 Å². The second-order valence-electron chi connectivity index (χ2n) is 7.36. The first kappa shape index (κ1) is 21.8. The predicted octanol–water partition coefficient (Wildman–Crippen LogP) is 3.99. The smallest absolute Gasteiger partial charge is 0.225 e. The van der Waals surface area contributed by atoms with E-state index in [-0.39, 0.29) is 0 Å². The van der Waals surface area contributed by atoms with Crippen molar-refractivity contribution >= 4 is 34.4 Å². The van der Waals surface area contributed by atoms with Gasteiger partial charge in [-0.2, -0.15) is 4.98 Å². The Bertz CT molecular complexity index is 783. The Morgan fingerprint density at radius 1 is 1.03 bits per heavy atom. The maximum Gasteiger partial charge on any atom is 0.225 e. The molecule has 160 valence electrons. The number of benzene rings is 1. The van der Waals surface area contributed by atoms with Crippen molar-refractivity contribution in [3.05, 3.63) is 12.1 Å². The first-order valence-electron chi connectivity index (χ1n) is 10.4. The summed E-state index contributed by atoms with van der Waals surface area (Å²) in [7, 11) is 3.21. The molecule has 1 aliphatic rings. The molecule has 3 N–H and O–H groups in total. The van der Waals surface area contributed by atoms with E-state index in [9.17, 15) is 0 Å². The zero-order valence-electron chi connectivity index (χ0n) is 17.6. The predicted molar refractivity (Wildman–Crippen MR) is 122 cm³/mol. The van der Waals surface area contributed by atoms with E-state index in [4.69, 9.17) is 15.2 Å². The van der Waals surface area contributed by atoms with E-state index in [0.29, 0.717) is 23.3 Å². The van der Waals surface area contributed by atoms with Gasteiger partial charge in [0.1, 0.15) is 5.82 Å². The van der Waals surface area contributed by atoms with Gasteiger partial charge in [0.25, 0.3) is 0 Å². The van der Waals surface area contributed by atoms with Crippen molar-refractivity contribution in [2.45, 2.75) is 38.5 Å². The highest BCUT2D eigenvalue weighted by molar-refractivity contribution is 7.99. The van der Waals surface area contributed by atoms with Gasteiger partial charge in [0.05, 0.1) is 19.7 Å². The van der Waals surface area contributed by atoms with Gasteiger partial charge < -0.3 is 20.5 Å². The lowest BCUT2D eigenvalue weighted by molar-refractivity contribution is 0.343. The molecule has 3 rings (SSSR count). The van der Waals surface area contributed by atoms with Crippen LogP contribution in [0, 0.1) is 0 Å². The molecule has 0 saturated carbocycles. The molecule has 0 bridgehead atoms. The topological polar surface area (TPSA) is 85.5 Å². The molecule has 0 aliphatic carbocycles. The van der Waals surface area contributed by atoms with Gasteiger partial charge in [-0.15, -0.1) is 11.8 Å². The van der Waals surface area contributed by atoms with Crippen LogP contribution in [0.2, 0.25) is 0 Å². The van der Waals surface area contributed by atoms with E-state index in [1.54, 1.807) is 14.2 Å². The molecule has 2 aromatic rings. The fourth-order valence-corrected chi connectivity index (χ4v) is 4.59. The molecule has 1 aromatic carbocycles. The first-order chi connectivity index (χ1) is 14.2. The van der Waals surface area contributed by atoms with Crippen LogP contribution in [0.25, 0.3) is 10.9 Å². The highest BCUT2D eigenvalue weighted by Crippen LogP contribution is 2.33. The van der Waals surface area contributed by atoms with E-state index in [2.05, 4.69) is 31.9 Å². The Morgan fingerprint density at radius 2 is 1.76 bits per heavy atom. The average molecular weight is 420 g/mol. The molecule has 0 unspecified atom stereocenters. The Labute approximate surface area is 177 Å². The van der Waals surface area contributed by atoms with Crippen molar-refractivity contribution in [1.82, 2.24) is 14.9 Å². The van der Waals surface area contributed by atoms with Crippen LogP contribution in [0.4, 0.5) is 11.8 Å². The number of thioether (sulfide) groups is 1. The highest BCUT2D eigenvalue weighted by atomic mass is 32.2. The molecule has 29 heavy (non-hydrogen) atoms. The standard InChI is InChI=1S/C21H33N5O2S/c1-27-18-13-16-17(14-19(18)28-2)24-21(25-20(16)22)23-9-7-5-3-4-6-8-10-26-11-12-29-15-26/h13-14H,3-12,15H2,1-2H3,(H3,22,23,24,25). The Hall–Kier alpha value is -1.93. The van der Waals surface area contributed by atoms with E-state index >= 15 is 0 Å². The highest BCUT2D eigenvalue weighted by Gasteiger charge is 2.12. The number of hydrogen-bond donors (Lipinski definition) is 2. The van der Waals surface area contributed by atoms with E-state index in [1.807, 2.05) is 12.1 Å². The minimum Gasteiger partial charge on any atom is -0.493 e. The fraction of sp³-hybridized carbons (Fsp3) is 0.619. The number of hydrogen-bond acceptors (Lipinski definition) is 8. The number of nitrogens with two attached hydrogens (primary N) is 1. The van der Waals surface area contributed by atoms with Gasteiger partial charge in [0.15, 0.2) is 11.5 Å². The number of fused-ring (bicyclic) bond motifs is 1.